The largest absolute Gasteiger partial charge is 0.458 e. The summed E-state index contributed by atoms with van der Waals surface area (Å²) in [7, 11) is 0. The Hall–Kier alpha value is -3.95. The fraction of sp³-hybridized carbons (Fsp3) is 0.731. The Labute approximate surface area is 245 Å². The maximum absolute atomic E-state index is 12.9. The number of hydrogen-bond donors (Lipinski definition) is 7. The Kier molecular flexibility index (Phi) is 16.1. The predicted molar refractivity (Wildman–Crippen MR) is 151 cm³/mol. The molecule has 0 heterocycles. The maximum Gasteiger partial charge on any atom is 0.407 e. The second-order valence-corrected chi connectivity index (χ2v) is 11.6. The van der Waals surface area contributed by atoms with E-state index in [0.29, 0.717) is 12.8 Å². The van der Waals surface area contributed by atoms with Gasteiger partial charge in [0, 0.05) is 13.0 Å². The molecule has 0 aromatic carbocycles. The van der Waals surface area contributed by atoms with Gasteiger partial charge in [-0.1, -0.05) is 0 Å². The lowest BCUT2D eigenvalue weighted by Crippen LogP contribution is -2.54. The molecule has 0 saturated carbocycles. The van der Waals surface area contributed by atoms with Gasteiger partial charge in [0.15, 0.2) is 0 Å². The van der Waals surface area contributed by atoms with Crippen LogP contribution in [-0.2, 0) is 38.2 Å². The Bertz CT molecular complexity index is 974. The lowest BCUT2D eigenvalue weighted by Gasteiger charge is -2.24. The van der Waals surface area contributed by atoms with Gasteiger partial charge in [0.1, 0.15) is 23.3 Å². The van der Waals surface area contributed by atoms with Crippen LogP contribution < -0.4 is 38.5 Å². The molecule has 10 N–H and O–H groups in total. The number of carbonyl (C=O) groups is 7. The number of primary amides is 2. The van der Waals surface area contributed by atoms with Crippen molar-refractivity contribution in [2.24, 2.45) is 17.2 Å². The Morgan fingerprint density at radius 1 is 0.714 bits per heavy atom. The van der Waals surface area contributed by atoms with Crippen LogP contribution in [0.4, 0.5) is 4.79 Å². The second kappa shape index (κ2) is 17.8. The summed E-state index contributed by atoms with van der Waals surface area (Å²) in [5.41, 5.74) is 14.4. The number of amides is 6. The third-order valence-electron chi connectivity index (χ3n) is 5.11. The van der Waals surface area contributed by atoms with Crippen LogP contribution in [0.2, 0.25) is 0 Å². The molecule has 0 aromatic rings. The highest BCUT2D eigenvalue weighted by molar-refractivity contribution is 5.94. The smallest absolute Gasteiger partial charge is 0.407 e. The standard InChI is InChI=1S/C26H47N7O9/c1-25(2,3)41-23(39)17(10-11-18(28)34)32-20(36)14-31-22(38)16(33-21(37)15(27)13-19(29)35)9-7-8-12-30-24(40)42-26(4,5)6/h15-17H,7-14,27H2,1-6H3,(H2,28,34)(H2,29,35)(H,30,40)(H,31,38)(H,32,36)(H,33,37)/t15-,16-,17-/m0/s1. The van der Waals surface area contributed by atoms with Gasteiger partial charge < -0.3 is 47.9 Å². The van der Waals surface area contributed by atoms with E-state index in [4.69, 9.17) is 26.7 Å². The van der Waals surface area contributed by atoms with E-state index in [1.807, 2.05) is 0 Å². The number of ether oxygens (including phenoxy) is 2. The summed E-state index contributed by atoms with van der Waals surface area (Å²) in [6.07, 6.45) is -0.480. The number of nitrogens with two attached hydrogens (primary N) is 3. The normalized spacial score (nSPS) is 13.5. The van der Waals surface area contributed by atoms with Crippen molar-refractivity contribution < 1.29 is 43.0 Å². The van der Waals surface area contributed by atoms with E-state index in [2.05, 4.69) is 21.3 Å². The zero-order valence-corrected chi connectivity index (χ0v) is 25.3. The van der Waals surface area contributed by atoms with Crippen molar-refractivity contribution in [3.05, 3.63) is 0 Å². The van der Waals surface area contributed by atoms with Crippen LogP contribution in [0.1, 0.15) is 80.1 Å². The van der Waals surface area contributed by atoms with Crippen molar-refractivity contribution in [1.82, 2.24) is 21.3 Å². The van der Waals surface area contributed by atoms with Crippen molar-refractivity contribution in [3.63, 3.8) is 0 Å². The average Bonchev–Trinajstić information content (AvgIpc) is 2.81. The molecule has 16 heteroatoms. The van der Waals surface area contributed by atoms with E-state index in [1.165, 1.54) is 0 Å². The van der Waals surface area contributed by atoms with Crippen LogP contribution in [0.3, 0.4) is 0 Å². The van der Waals surface area contributed by atoms with Crippen LogP contribution in [0.5, 0.6) is 0 Å². The number of hydrogen-bond acceptors (Lipinski definition) is 10. The van der Waals surface area contributed by atoms with Crippen LogP contribution in [0, 0.1) is 0 Å². The molecule has 0 aliphatic carbocycles. The molecule has 16 nitrogen and oxygen atoms in total. The minimum Gasteiger partial charge on any atom is -0.458 e. The number of carbonyl (C=O) groups excluding carboxylic acids is 7. The molecular formula is C26H47N7O9. The van der Waals surface area contributed by atoms with Gasteiger partial charge in [-0.05, 0) is 67.2 Å². The molecule has 0 rings (SSSR count). The summed E-state index contributed by atoms with van der Waals surface area (Å²) in [5, 5.41) is 9.81. The third-order valence-corrected chi connectivity index (χ3v) is 5.11. The first-order valence-electron chi connectivity index (χ1n) is 13.6. The Morgan fingerprint density at radius 2 is 1.31 bits per heavy atom. The number of unbranched alkanes of at least 4 members (excludes halogenated alkanes) is 1. The van der Waals surface area contributed by atoms with Gasteiger partial charge in [0.2, 0.25) is 29.5 Å². The number of alkyl carbamates (subject to hydrolysis) is 1. The second-order valence-electron chi connectivity index (χ2n) is 11.6. The fourth-order valence-corrected chi connectivity index (χ4v) is 3.28. The van der Waals surface area contributed by atoms with Gasteiger partial charge >= 0.3 is 12.1 Å². The topological polar surface area (TPSA) is 264 Å². The molecule has 240 valence electrons. The van der Waals surface area contributed by atoms with Gasteiger partial charge in [-0.2, -0.15) is 0 Å². The first-order valence-corrected chi connectivity index (χ1v) is 13.6. The van der Waals surface area contributed by atoms with E-state index in [9.17, 15) is 33.6 Å². The van der Waals surface area contributed by atoms with E-state index < -0.39 is 83.9 Å². The van der Waals surface area contributed by atoms with Crippen LogP contribution in [-0.4, -0.2) is 84.0 Å². The van der Waals surface area contributed by atoms with E-state index in [0.717, 1.165) is 0 Å². The van der Waals surface area contributed by atoms with Crippen molar-refractivity contribution >= 4 is 41.6 Å². The molecule has 0 radical (unpaired) electrons. The molecule has 0 bridgehead atoms. The summed E-state index contributed by atoms with van der Waals surface area (Å²) >= 11 is 0. The predicted octanol–water partition coefficient (Wildman–Crippen LogP) is -1.42. The van der Waals surface area contributed by atoms with Gasteiger partial charge in [-0.3, -0.25) is 24.0 Å². The van der Waals surface area contributed by atoms with Crippen LogP contribution >= 0.6 is 0 Å². The van der Waals surface area contributed by atoms with Crippen LogP contribution in [0.25, 0.3) is 0 Å². The van der Waals surface area contributed by atoms with Gasteiger partial charge in [0.25, 0.3) is 0 Å². The SMILES string of the molecule is CC(C)(C)OC(=O)NCCCC[C@H](NC(=O)[C@@H](N)CC(N)=O)C(=O)NCC(=O)N[C@@H](CCC(N)=O)C(=O)OC(C)(C)C. The summed E-state index contributed by atoms with van der Waals surface area (Å²) < 4.78 is 10.4. The molecule has 0 spiro atoms. The number of rotatable bonds is 17. The Morgan fingerprint density at radius 3 is 1.83 bits per heavy atom. The monoisotopic (exact) mass is 601 g/mol. The minimum absolute atomic E-state index is 0.0949. The fourth-order valence-electron chi connectivity index (χ4n) is 3.28. The van der Waals surface area contributed by atoms with Crippen molar-refractivity contribution in [1.29, 1.82) is 0 Å². The molecule has 0 aliphatic heterocycles. The van der Waals surface area contributed by atoms with Crippen molar-refractivity contribution in [2.75, 3.05) is 13.1 Å². The molecule has 42 heavy (non-hydrogen) atoms. The quantitative estimate of drug-likeness (QED) is 0.0755. The lowest BCUT2D eigenvalue weighted by atomic mass is 10.1. The van der Waals surface area contributed by atoms with E-state index >= 15 is 0 Å². The molecule has 0 unspecified atom stereocenters. The molecule has 6 amide bonds. The van der Waals surface area contributed by atoms with Gasteiger partial charge in [-0.25, -0.2) is 9.59 Å². The molecule has 3 atom stereocenters. The highest BCUT2D eigenvalue weighted by atomic mass is 16.6. The van der Waals surface area contributed by atoms with Gasteiger partial charge in [0.05, 0.1) is 19.0 Å². The number of nitrogens with one attached hydrogen (secondary N) is 4. The third kappa shape index (κ3) is 19.2. The summed E-state index contributed by atoms with van der Waals surface area (Å²) in [4.78, 5) is 84.5. The Balaban J connectivity index is 5.23. The first-order chi connectivity index (χ1) is 19.2. The van der Waals surface area contributed by atoms with Crippen LogP contribution in [0.15, 0.2) is 0 Å². The summed E-state index contributed by atoms with van der Waals surface area (Å²) in [6, 6.07) is -3.64. The molecule has 0 aromatic heterocycles. The van der Waals surface area contributed by atoms with E-state index in [1.54, 1.807) is 41.5 Å². The first kappa shape index (κ1) is 38.0. The summed E-state index contributed by atoms with van der Waals surface area (Å²) in [6.45, 7) is 9.73. The van der Waals surface area contributed by atoms with Crippen molar-refractivity contribution in [3.8, 4) is 0 Å². The number of esters is 1. The minimum atomic E-state index is -1.30. The zero-order valence-electron chi connectivity index (χ0n) is 25.3. The lowest BCUT2D eigenvalue weighted by molar-refractivity contribution is -0.158. The van der Waals surface area contributed by atoms with Gasteiger partial charge in [-0.15, -0.1) is 0 Å². The summed E-state index contributed by atoms with van der Waals surface area (Å²) in [5.74, 6) is -4.57. The molecule has 0 saturated heterocycles. The average molecular weight is 602 g/mol. The molecule has 0 fully saturated rings. The zero-order chi connectivity index (χ0) is 32.7. The maximum atomic E-state index is 12.9. The van der Waals surface area contributed by atoms with Crippen molar-refractivity contribution in [2.45, 2.75) is 109 Å². The molecular weight excluding hydrogens is 554 g/mol. The van der Waals surface area contributed by atoms with E-state index in [-0.39, 0.29) is 25.8 Å². The molecule has 0 aliphatic rings. The highest BCUT2D eigenvalue weighted by Gasteiger charge is 2.28. The highest BCUT2D eigenvalue weighted by Crippen LogP contribution is 2.11.